The third kappa shape index (κ3) is 2.53. The molecule has 0 spiro atoms. The van der Waals surface area contributed by atoms with Crippen LogP contribution in [0.3, 0.4) is 0 Å². The van der Waals surface area contributed by atoms with Crippen LogP contribution in [0.5, 0.6) is 0 Å². The van der Waals surface area contributed by atoms with Crippen molar-refractivity contribution in [1.29, 1.82) is 0 Å². The summed E-state index contributed by atoms with van der Waals surface area (Å²) >= 11 is 0. The van der Waals surface area contributed by atoms with E-state index >= 15 is 0 Å². The number of imidazole rings is 1. The molecule has 2 rings (SSSR count). The Kier molecular flexibility index (Phi) is 3.65. The molecule has 0 unspecified atom stereocenters. The van der Waals surface area contributed by atoms with Crippen LogP contribution in [0.15, 0.2) is 18.2 Å². The molecule has 0 aliphatic rings. The largest absolute Gasteiger partial charge is 0.481 e. The quantitative estimate of drug-likeness (QED) is 0.882. The van der Waals surface area contributed by atoms with Gasteiger partial charge in [-0.05, 0) is 38.0 Å². The molecule has 0 saturated heterocycles. The van der Waals surface area contributed by atoms with Crippen LogP contribution in [-0.4, -0.2) is 20.6 Å². The number of carboxylic acids is 1. The maximum Gasteiger partial charge on any atom is 0.303 e. The number of rotatable bonds is 5. The van der Waals surface area contributed by atoms with E-state index in [0.29, 0.717) is 12.8 Å². The Labute approximate surface area is 106 Å². The van der Waals surface area contributed by atoms with Gasteiger partial charge in [0, 0.05) is 19.4 Å². The molecule has 0 aliphatic heterocycles. The summed E-state index contributed by atoms with van der Waals surface area (Å²) in [6.45, 7) is 5.00. The van der Waals surface area contributed by atoms with Crippen molar-refractivity contribution in [2.24, 2.45) is 0 Å². The van der Waals surface area contributed by atoms with Crippen LogP contribution in [-0.2, 0) is 17.8 Å². The summed E-state index contributed by atoms with van der Waals surface area (Å²) in [6.07, 6.45) is 1.55. The van der Waals surface area contributed by atoms with E-state index in [0.717, 1.165) is 23.4 Å². The zero-order valence-electron chi connectivity index (χ0n) is 10.8. The number of aromatic nitrogens is 2. The smallest absolute Gasteiger partial charge is 0.303 e. The first-order chi connectivity index (χ1) is 8.61. The highest BCUT2D eigenvalue weighted by molar-refractivity contribution is 5.76. The Morgan fingerprint density at radius 2 is 2.22 bits per heavy atom. The van der Waals surface area contributed by atoms with Gasteiger partial charge in [-0.15, -0.1) is 0 Å². The van der Waals surface area contributed by atoms with Gasteiger partial charge in [0.05, 0.1) is 11.0 Å². The lowest BCUT2D eigenvalue weighted by Gasteiger charge is -2.05. The van der Waals surface area contributed by atoms with E-state index in [4.69, 9.17) is 5.11 Å². The number of aryl methyl sites for hydroxylation is 3. The topological polar surface area (TPSA) is 55.1 Å². The van der Waals surface area contributed by atoms with Gasteiger partial charge in [0.2, 0.25) is 0 Å². The summed E-state index contributed by atoms with van der Waals surface area (Å²) < 4.78 is 2.16. The summed E-state index contributed by atoms with van der Waals surface area (Å²) in [4.78, 5) is 15.1. The fraction of sp³-hybridized carbons (Fsp3) is 0.429. The molecule has 4 heteroatoms. The van der Waals surface area contributed by atoms with Crippen molar-refractivity contribution in [3.63, 3.8) is 0 Å². The highest BCUT2D eigenvalue weighted by atomic mass is 16.4. The van der Waals surface area contributed by atoms with Crippen molar-refractivity contribution < 1.29 is 9.90 Å². The zero-order chi connectivity index (χ0) is 13.1. The number of hydrogen-bond acceptors (Lipinski definition) is 2. The lowest BCUT2D eigenvalue weighted by atomic mass is 10.2. The summed E-state index contributed by atoms with van der Waals surface area (Å²) in [5.41, 5.74) is 3.33. The minimum atomic E-state index is -0.745. The number of carboxylic acid groups (broad SMARTS) is 1. The Morgan fingerprint density at radius 3 is 2.89 bits per heavy atom. The second kappa shape index (κ2) is 5.21. The molecule has 0 fully saturated rings. The van der Waals surface area contributed by atoms with Crippen molar-refractivity contribution in [2.75, 3.05) is 0 Å². The van der Waals surface area contributed by atoms with Crippen LogP contribution in [0, 0.1) is 6.92 Å². The molecule has 0 aliphatic carbocycles. The van der Waals surface area contributed by atoms with Crippen molar-refractivity contribution >= 4 is 17.0 Å². The van der Waals surface area contributed by atoms with Gasteiger partial charge in [-0.2, -0.15) is 0 Å². The molecular formula is C14H18N2O2. The second-order valence-corrected chi connectivity index (χ2v) is 4.51. The van der Waals surface area contributed by atoms with E-state index in [-0.39, 0.29) is 6.42 Å². The molecule has 1 aromatic heterocycles. The lowest BCUT2D eigenvalue weighted by molar-refractivity contribution is -0.137. The standard InChI is InChI=1S/C14H18N2O2/c1-3-16-12-8-7-10(2)9-11(12)15-13(16)5-4-6-14(17)18/h7-9H,3-6H2,1-2H3,(H,17,18). The maximum absolute atomic E-state index is 10.5. The molecule has 18 heavy (non-hydrogen) atoms. The lowest BCUT2D eigenvalue weighted by Crippen LogP contribution is -2.03. The molecule has 1 aromatic carbocycles. The molecule has 4 nitrogen and oxygen atoms in total. The van der Waals surface area contributed by atoms with Crippen molar-refractivity contribution in [3.05, 3.63) is 29.6 Å². The van der Waals surface area contributed by atoms with Crippen LogP contribution in [0.2, 0.25) is 0 Å². The zero-order valence-corrected chi connectivity index (χ0v) is 10.8. The van der Waals surface area contributed by atoms with Gasteiger partial charge >= 0.3 is 5.97 Å². The van der Waals surface area contributed by atoms with Gasteiger partial charge < -0.3 is 9.67 Å². The highest BCUT2D eigenvalue weighted by Crippen LogP contribution is 2.19. The maximum atomic E-state index is 10.5. The summed E-state index contributed by atoms with van der Waals surface area (Å²) in [6, 6.07) is 6.24. The van der Waals surface area contributed by atoms with Gasteiger partial charge in [-0.1, -0.05) is 6.07 Å². The van der Waals surface area contributed by atoms with Crippen molar-refractivity contribution in [2.45, 2.75) is 39.7 Å². The molecule has 1 N–H and O–H groups in total. The average Bonchev–Trinajstić information content (AvgIpc) is 2.65. The molecule has 96 valence electrons. The molecule has 0 radical (unpaired) electrons. The first-order valence-electron chi connectivity index (χ1n) is 6.29. The summed E-state index contributed by atoms with van der Waals surface area (Å²) in [5.74, 6) is 0.240. The Morgan fingerprint density at radius 1 is 1.44 bits per heavy atom. The Hall–Kier alpha value is -1.84. The van der Waals surface area contributed by atoms with Gasteiger partial charge in [-0.3, -0.25) is 4.79 Å². The number of benzene rings is 1. The average molecular weight is 246 g/mol. The SMILES string of the molecule is CCn1c(CCCC(=O)O)nc2cc(C)ccc21. The Balaban J connectivity index is 2.29. The van der Waals surface area contributed by atoms with E-state index in [1.807, 2.05) is 0 Å². The van der Waals surface area contributed by atoms with Crippen LogP contribution in [0.25, 0.3) is 11.0 Å². The Bertz CT molecular complexity index is 572. The molecular weight excluding hydrogens is 228 g/mol. The molecule has 1 heterocycles. The fourth-order valence-electron chi connectivity index (χ4n) is 2.23. The molecule has 0 atom stereocenters. The van der Waals surface area contributed by atoms with Gasteiger partial charge in [0.1, 0.15) is 5.82 Å². The minimum absolute atomic E-state index is 0.200. The number of hydrogen-bond donors (Lipinski definition) is 1. The molecule has 0 bridgehead atoms. The predicted molar refractivity (Wildman–Crippen MR) is 70.7 cm³/mol. The van der Waals surface area contributed by atoms with E-state index in [1.54, 1.807) is 0 Å². The first-order valence-corrected chi connectivity index (χ1v) is 6.29. The van der Waals surface area contributed by atoms with Crippen molar-refractivity contribution in [3.8, 4) is 0 Å². The fourth-order valence-corrected chi connectivity index (χ4v) is 2.23. The number of fused-ring (bicyclic) bond motifs is 1. The molecule has 0 amide bonds. The molecule has 2 aromatic rings. The van der Waals surface area contributed by atoms with Gasteiger partial charge in [0.25, 0.3) is 0 Å². The summed E-state index contributed by atoms with van der Waals surface area (Å²) in [5, 5.41) is 8.67. The van der Waals surface area contributed by atoms with E-state index in [1.165, 1.54) is 5.56 Å². The van der Waals surface area contributed by atoms with E-state index < -0.39 is 5.97 Å². The third-order valence-electron chi connectivity index (χ3n) is 3.09. The van der Waals surface area contributed by atoms with Crippen LogP contribution < -0.4 is 0 Å². The van der Waals surface area contributed by atoms with E-state index in [9.17, 15) is 4.79 Å². The van der Waals surface area contributed by atoms with E-state index in [2.05, 4.69) is 41.6 Å². The normalized spacial score (nSPS) is 11.0. The first kappa shape index (κ1) is 12.6. The molecule has 0 saturated carbocycles. The predicted octanol–water partition coefficient (Wildman–Crippen LogP) is 2.77. The van der Waals surface area contributed by atoms with Crippen LogP contribution >= 0.6 is 0 Å². The van der Waals surface area contributed by atoms with Crippen LogP contribution in [0.1, 0.15) is 31.2 Å². The van der Waals surface area contributed by atoms with Crippen molar-refractivity contribution in [1.82, 2.24) is 9.55 Å². The summed E-state index contributed by atoms with van der Waals surface area (Å²) in [7, 11) is 0. The monoisotopic (exact) mass is 246 g/mol. The number of nitrogens with zero attached hydrogens (tertiary/aromatic N) is 2. The third-order valence-corrected chi connectivity index (χ3v) is 3.09. The van der Waals surface area contributed by atoms with Gasteiger partial charge in [0.15, 0.2) is 0 Å². The number of aliphatic carboxylic acids is 1. The number of carbonyl (C=O) groups is 1. The van der Waals surface area contributed by atoms with Gasteiger partial charge in [-0.25, -0.2) is 4.98 Å². The minimum Gasteiger partial charge on any atom is -0.481 e. The highest BCUT2D eigenvalue weighted by Gasteiger charge is 2.09. The second-order valence-electron chi connectivity index (χ2n) is 4.51. The van der Waals surface area contributed by atoms with Crippen LogP contribution in [0.4, 0.5) is 0 Å².